The molecule has 0 unspecified atom stereocenters. The zero-order valence-electron chi connectivity index (χ0n) is 8.55. The average Bonchev–Trinajstić information content (AvgIpc) is 2.26. The highest BCUT2D eigenvalue weighted by molar-refractivity contribution is 6.32. The Morgan fingerprint density at radius 1 is 1.65 bits per heavy atom. The fourth-order valence-electron chi connectivity index (χ4n) is 1.13. The minimum absolute atomic E-state index is 0.0534. The lowest BCUT2D eigenvalue weighted by atomic mass is 10.2. The second-order valence-electron chi connectivity index (χ2n) is 2.97. The minimum Gasteiger partial charge on any atom is -0.487 e. The molecule has 0 saturated heterocycles. The van der Waals surface area contributed by atoms with Crippen LogP contribution in [0.4, 0.5) is 5.69 Å². The average molecular weight is 258 g/mol. The number of benzene rings is 1. The first-order valence-electron chi connectivity index (χ1n) is 4.42. The van der Waals surface area contributed by atoms with Crippen molar-refractivity contribution in [2.45, 2.75) is 0 Å². The number of nitrogens with zero attached hydrogens (tertiary/aromatic N) is 1. The van der Waals surface area contributed by atoms with Crippen molar-refractivity contribution >= 4 is 23.3 Å². The summed E-state index contributed by atoms with van der Waals surface area (Å²) >= 11 is 5.73. The number of carbonyl (C=O) groups is 1. The van der Waals surface area contributed by atoms with Crippen molar-refractivity contribution in [2.75, 3.05) is 6.61 Å². The van der Waals surface area contributed by atoms with E-state index in [0.29, 0.717) is 0 Å². The van der Waals surface area contributed by atoms with E-state index in [9.17, 15) is 14.9 Å². The van der Waals surface area contributed by atoms with Gasteiger partial charge in [0.1, 0.15) is 12.2 Å². The molecule has 1 rings (SSSR count). The summed E-state index contributed by atoms with van der Waals surface area (Å²) in [6, 6.07) is 1.93. The van der Waals surface area contributed by atoms with Gasteiger partial charge in [0, 0.05) is 12.1 Å². The van der Waals surface area contributed by atoms with Crippen LogP contribution in [-0.2, 0) is 0 Å². The van der Waals surface area contributed by atoms with Gasteiger partial charge < -0.3 is 9.84 Å². The Hall–Kier alpha value is -2.08. The van der Waals surface area contributed by atoms with Gasteiger partial charge in [0.2, 0.25) is 0 Å². The molecule has 17 heavy (non-hydrogen) atoms. The molecular weight excluding hydrogens is 250 g/mol. The third-order valence-corrected chi connectivity index (χ3v) is 2.10. The Balaban J connectivity index is 3.32. The number of ether oxygens (including phenoxy) is 1. The molecule has 0 atom stereocenters. The molecule has 1 aromatic carbocycles. The molecule has 0 spiro atoms. The van der Waals surface area contributed by atoms with Crippen molar-refractivity contribution in [3.63, 3.8) is 0 Å². The maximum Gasteiger partial charge on any atom is 0.339 e. The third kappa shape index (κ3) is 2.94. The van der Waals surface area contributed by atoms with Gasteiger partial charge in [-0.25, -0.2) is 4.79 Å². The zero-order chi connectivity index (χ0) is 13.0. The normalized spacial score (nSPS) is 9.71. The van der Waals surface area contributed by atoms with Gasteiger partial charge in [-0.1, -0.05) is 24.3 Å². The van der Waals surface area contributed by atoms with Gasteiger partial charge in [0.25, 0.3) is 5.69 Å². The number of non-ortho nitro benzene ring substituents is 1. The Morgan fingerprint density at radius 2 is 2.29 bits per heavy atom. The molecule has 0 aliphatic heterocycles. The Labute approximate surface area is 101 Å². The summed E-state index contributed by atoms with van der Waals surface area (Å²) in [5.74, 6) is -1.46. The first-order valence-corrected chi connectivity index (χ1v) is 4.80. The van der Waals surface area contributed by atoms with Crippen LogP contribution in [0.3, 0.4) is 0 Å². The van der Waals surface area contributed by atoms with E-state index >= 15 is 0 Å². The van der Waals surface area contributed by atoms with Crippen LogP contribution in [0.15, 0.2) is 24.8 Å². The number of carboxylic acids is 1. The van der Waals surface area contributed by atoms with E-state index in [2.05, 4.69) is 6.58 Å². The number of halogens is 1. The fraction of sp³-hybridized carbons (Fsp3) is 0.100. The predicted octanol–water partition coefficient (Wildman–Crippen LogP) is 2.51. The summed E-state index contributed by atoms with van der Waals surface area (Å²) in [4.78, 5) is 20.7. The summed E-state index contributed by atoms with van der Waals surface area (Å²) < 4.78 is 5.06. The van der Waals surface area contributed by atoms with Crippen molar-refractivity contribution in [3.05, 3.63) is 45.5 Å². The summed E-state index contributed by atoms with van der Waals surface area (Å²) in [6.45, 7) is 3.46. The van der Waals surface area contributed by atoms with Crippen LogP contribution in [0.2, 0.25) is 5.02 Å². The SMILES string of the molecule is C=CCOc1c(Cl)cc([N+](=O)[O-])cc1C(=O)O. The van der Waals surface area contributed by atoms with Crippen LogP contribution in [0.5, 0.6) is 5.75 Å². The first kappa shape index (κ1) is 13.0. The number of carboxylic acid groups (broad SMARTS) is 1. The molecule has 0 aliphatic rings. The summed E-state index contributed by atoms with van der Waals surface area (Å²) in [5.41, 5.74) is -0.760. The molecule has 6 nitrogen and oxygen atoms in total. The maximum atomic E-state index is 10.9. The summed E-state index contributed by atoms with van der Waals surface area (Å²) in [6.07, 6.45) is 1.41. The van der Waals surface area contributed by atoms with Gasteiger partial charge in [-0.05, 0) is 0 Å². The molecule has 0 amide bonds. The molecule has 0 aromatic heterocycles. The van der Waals surface area contributed by atoms with Gasteiger partial charge in [-0.3, -0.25) is 10.1 Å². The quantitative estimate of drug-likeness (QED) is 0.497. The lowest BCUT2D eigenvalue weighted by Gasteiger charge is -2.08. The first-order chi connectivity index (χ1) is 7.97. The molecule has 0 aliphatic carbocycles. The molecular formula is C10H8ClNO5. The maximum absolute atomic E-state index is 10.9. The van der Waals surface area contributed by atoms with E-state index in [0.717, 1.165) is 12.1 Å². The zero-order valence-corrected chi connectivity index (χ0v) is 9.31. The molecule has 0 fully saturated rings. The summed E-state index contributed by atoms with van der Waals surface area (Å²) in [5, 5.41) is 19.3. The molecule has 90 valence electrons. The van der Waals surface area contributed by atoms with Crippen molar-refractivity contribution in [1.29, 1.82) is 0 Å². The van der Waals surface area contributed by atoms with E-state index in [4.69, 9.17) is 21.4 Å². The molecule has 0 bridgehead atoms. The van der Waals surface area contributed by atoms with E-state index in [1.165, 1.54) is 6.08 Å². The number of hydrogen-bond acceptors (Lipinski definition) is 4. The van der Waals surface area contributed by atoms with Gasteiger partial charge >= 0.3 is 5.97 Å². The topological polar surface area (TPSA) is 89.7 Å². The number of hydrogen-bond donors (Lipinski definition) is 1. The molecule has 7 heteroatoms. The van der Waals surface area contributed by atoms with E-state index in [1.54, 1.807) is 0 Å². The highest BCUT2D eigenvalue weighted by Crippen LogP contribution is 2.33. The molecule has 1 aromatic rings. The van der Waals surface area contributed by atoms with Crippen molar-refractivity contribution in [2.24, 2.45) is 0 Å². The van der Waals surface area contributed by atoms with Gasteiger partial charge in [0.05, 0.1) is 9.95 Å². The lowest BCUT2D eigenvalue weighted by Crippen LogP contribution is -2.05. The standard InChI is InChI=1S/C10H8ClNO5/c1-2-3-17-9-7(10(13)14)4-6(12(15)16)5-8(9)11/h2,4-5H,1,3H2,(H,13,14). The Kier molecular flexibility index (Phi) is 4.06. The van der Waals surface area contributed by atoms with Gasteiger partial charge in [-0.2, -0.15) is 0 Å². The van der Waals surface area contributed by atoms with E-state index in [1.807, 2.05) is 0 Å². The van der Waals surface area contributed by atoms with Gasteiger partial charge in [0.15, 0.2) is 5.75 Å². The van der Waals surface area contributed by atoms with E-state index in [-0.39, 0.29) is 22.9 Å². The molecule has 1 N–H and O–H groups in total. The predicted molar refractivity (Wildman–Crippen MR) is 60.8 cm³/mol. The molecule has 0 heterocycles. The van der Waals surface area contributed by atoms with Crippen LogP contribution >= 0.6 is 11.6 Å². The van der Waals surface area contributed by atoms with Crippen LogP contribution < -0.4 is 4.74 Å². The van der Waals surface area contributed by atoms with Crippen molar-refractivity contribution < 1.29 is 19.6 Å². The molecule has 0 radical (unpaired) electrons. The second-order valence-corrected chi connectivity index (χ2v) is 3.37. The second kappa shape index (κ2) is 5.31. The number of nitro benzene ring substituents is 1. The largest absolute Gasteiger partial charge is 0.487 e. The van der Waals surface area contributed by atoms with Gasteiger partial charge in [-0.15, -0.1) is 0 Å². The monoisotopic (exact) mass is 257 g/mol. The minimum atomic E-state index is -1.35. The summed E-state index contributed by atoms with van der Waals surface area (Å²) in [7, 11) is 0. The molecule has 0 saturated carbocycles. The number of aromatic carboxylic acids is 1. The van der Waals surface area contributed by atoms with Crippen molar-refractivity contribution in [1.82, 2.24) is 0 Å². The Morgan fingerprint density at radius 3 is 2.76 bits per heavy atom. The van der Waals surface area contributed by atoms with Crippen LogP contribution in [0.25, 0.3) is 0 Å². The van der Waals surface area contributed by atoms with Crippen LogP contribution in [0.1, 0.15) is 10.4 Å². The third-order valence-electron chi connectivity index (χ3n) is 1.82. The number of nitro groups is 1. The van der Waals surface area contributed by atoms with Crippen LogP contribution in [0, 0.1) is 10.1 Å². The smallest absolute Gasteiger partial charge is 0.339 e. The van der Waals surface area contributed by atoms with Crippen LogP contribution in [-0.4, -0.2) is 22.6 Å². The Bertz CT molecular complexity index is 486. The van der Waals surface area contributed by atoms with Crippen molar-refractivity contribution in [3.8, 4) is 5.75 Å². The number of rotatable bonds is 5. The fourth-order valence-corrected chi connectivity index (χ4v) is 1.40. The highest BCUT2D eigenvalue weighted by atomic mass is 35.5. The lowest BCUT2D eigenvalue weighted by molar-refractivity contribution is -0.384. The highest BCUT2D eigenvalue weighted by Gasteiger charge is 2.21. The van der Waals surface area contributed by atoms with E-state index < -0.39 is 16.6 Å².